The number of hydrogen-bond donors (Lipinski definition) is 2. The lowest BCUT2D eigenvalue weighted by atomic mass is 10.2. The summed E-state index contributed by atoms with van der Waals surface area (Å²) in [6, 6.07) is 6.35. The van der Waals surface area contributed by atoms with E-state index in [-0.39, 0.29) is 10.9 Å². The van der Waals surface area contributed by atoms with Gasteiger partial charge >= 0.3 is 11.9 Å². The summed E-state index contributed by atoms with van der Waals surface area (Å²) in [5, 5.41) is 16.7. The molecular formula is C13H11NO8S2. The number of carboxylic acid groups (broad SMARTS) is 2. The van der Waals surface area contributed by atoms with Crippen molar-refractivity contribution in [3.05, 3.63) is 30.3 Å². The van der Waals surface area contributed by atoms with Crippen LogP contribution in [0.2, 0.25) is 0 Å². The van der Waals surface area contributed by atoms with Crippen molar-refractivity contribution in [2.75, 3.05) is 11.5 Å². The van der Waals surface area contributed by atoms with E-state index in [0.29, 0.717) is 6.07 Å². The Morgan fingerprint density at radius 3 is 2.04 bits per heavy atom. The quantitative estimate of drug-likeness (QED) is 0.708. The Labute approximate surface area is 136 Å². The van der Waals surface area contributed by atoms with Crippen molar-refractivity contribution in [1.82, 2.24) is 4.98 Å². The Bertz CT molecular complexity index is 1040. The maximum Gasteiger partial charge on any atom is 0.319 e. The molecule has 128 valence electrons. The number of pyridine rings is 1. The third-order valence-electron chi connectivity index (χ3n) is 2.94. The van der Waals surface area contributed by atoms with Gasteiger partial charge in [-0.15, -0.1) is 0 Å². The second-order valence-electron chi connectivity index (χ2n) is 4.78. The Morgan fingerprint density at radius 2 is 1.46 bits per heavy atom. The van der Waals surface area contributed by atoms with Gasteiger partial charge in [-0.1, -0.05) is 18.2 Å². The van der Waals surface area contributed by atoms with Crippen LogP contribution in [-0.2, 0) is 29.3 Å². The largest absolute Gasteiger partial charge is 0.480 e. The zero-order valence-corrected chi connectivity index (χ0v) is 13.5. The summed E-state index contributed by atoms with van der Waals surface area (Å²) < 4.78 is 48.5. The number of aromatic nitrogens is 1. The van der Waals surface area contributed by atoms with Gasteiger partial charge in [0.25, 0.3) is 0 Å². The number of carbonyl (C=O) groups is 2. The van der Waals surface area contributed by atoms with Crippen LogP contribution in [0.4, 0.5) is 0 Å². The molecule has 0 amide bonds. The summed E-state index contributed by atoms with van der Waals surface area (Å²) in [6.07, 6.45) is 0. The number of nitrogens with zero attached hydrogens (tertiary/aromatic N) is 1. The second-order valence-corrected chi connectivity index (χ2v) is 8.68. The average Bonchev–Trinajstić information content (AvgIpc) is 2.43. The summed E-state index contributed by atoms with van der Waals surface area (Å²) in [7, 11) is -8.73. The molecule has 0 fully saturated rings. The highest BCUT2D eigenvalue weighted by molar-refractivity contribution is 7.93. The van der Waals surface area contributed by atoms with Gasteiger partial charge in [0.1, 0.15) is 0 Å². The molecule has 2 rings (SSSR count). The molecule has 0 aliphatic carbocycles. The lowest BCUT2D eigenvalue weighted by molar-refractivity contribution is -0.135. The first-order valence-corrected chi connectivity index (χ1v) is 9.62. The number of fused-ring (bicyclic) bond motifs is 1. The van der Waals surface area contributed by atoms with Crippen molar-refractivity contribution in [2.45, 2.75) is 9.92 Å². The van der Waals surface area contributed by atoms with Gasteiger partial charge in [0.15, 0.2) is 26.4 Å². The molecule has 0 unspecified atom stereocenters. The summed E-state index contributed by atoms with van der Waals surface area (Å²) in [5.41, 5.74) is -0.00655. The predicted octanol–water partition coefficient (Wildman–Crippen LogP) is -0.0486. The number of sulfone groups is 2. The first-order valence-electron chi connectivity index (χ1n) is 6.32. The molecule has 2 aromatic rings. The highest BCUT2D eigenvalue weighted by Gasteiger charge is 2.27. The van der Waals surface area contributed by atoms with E-state index in [0.717, 1.165) is 0 Å². The number of aliphatic carboxylic acids is 2. The SMILES string of the molecule is O=C(O)CS(=O)(=O)c1cc(S(=O)(=O)CC(=O)O)c2ccccc2n1. The van der Waals surface area contributed by atoms with E-state index < -0.39 is 53.0 Å². The van der Waals surface area contributed by atoms with Crippen LogP contribution in [0, 0.1) is 0 Å². The van der Waals surface area contributed by atoms with E-state index in [1.54, 1.807) is 0 Å². The molecule has 1 aromatic heterocycles. The first-order chi connectivity index (χ1) is 11.0. The molecule has 0 aliphatic rings. The van der Waals surface area contributed by atoms with Crippen LogP contribution in [0.5, 0.6) is 0 Å². The van der Waals surface area contributed by atoms with Crippen molar-refractivity contribution >= 4 is 42.5 Å². The first kappa shape index (κ1) is 17.8. The molecule has 1 aromatic carbocycles. The van der Waals surface area contributed by atoms with E-state index in [4.69, 9.17) is 10.2 Å². The minimum Gasteiger partial charge on any atom is -0.480 e. The molecule has 0 saturated carbocycles. The van der Waals surface area contributed by atoms with Crippen LogP contribution in [0.25, 0.3) is 10.9 Å². The zero-order chi connectivity index (χ0) is 18.1. The molecule has 0 spiro atoms. The monoisotopic (exact) mass is 373 g/mol. The highest BCUT2D eigenvalue weighted by atomic mass is 32.2. The van der Waals surface area contributed by atoms with E-state index in [2.05, 4.69) is 4.98 Å². The second kappa shape index (κ2) is 6.17. The fourth-order valence-electron chi connectivity index (χ4n) is 2.01. The van der Waals surface area contributed by atoms with Crippen LogP contribution >= 0.6 is 0 Å². The Morgan fingerprint density at radius 1 is 0.917 bits per heavy atom. The van der Waals surface area contributed by atoms with Crippen LogP contribution < -0.4 is 0 Å². The van der Waals surface area contributed by atoms with Crippen molar-refractivity contribution in [3.8, 4) is 0 Å². The van der Waals surface area contributed by atoms with Gasteiger partial charge in [-0.05, 0) is 12.1 Å². The van der Waals surface area contributed by atoms with Crippen LogP contribution in [0.3, 0.4) is 0 Å². The number of hydrogen-bond acceptors (Lipinski definition) is 7. The van der Waals surface area contributed by atoms with E-state index in [1.807, 2.05) is 0 Å². The molecule has 2 N–H and O–H groups in total. The van der Waals surface area contributed by atoms with Crippen molar-refractivity contribution < 1.29 is 36.6 Å². The molecule has 11 heteroatoms. The van der Waals surface area contributed by atoms with Gasteiger partial charge in [-0.25, -0.2) is 21.8 Å². The summed E-state index contributed by atoms with van der Waals surface area (Å²) in [4.78, 5) is 24.7. The lowest BCUT2D eigenvalue weighted by Crippen LogP contribution is -2.19. The fourth-order valence-corrected chi connectivity index (χ4v) is 4.38. The number of carboxylic acids is 2. The van der Waals surface area contributed by atoms with E-state index >= 15 is 0 Å². The minimum absolute atomic E-state index is 0.00655. The average molecular weight is 373 g/mol. The third kappa shape index (κ3) is 3.68. The van der Waals surface area contributed by atoms with E-state index in [9.17, 15) is 26.4 Å². The predicted molar refractivity (Wildman–Crippen MR) is 81.1 cm³/mol. The zero-order valence-electron chi connectivity index (χ0n) is 11.9. The molecule has 0 aliphatic heterocycles. The van der Waals surface area contributed by atoms with Crippen LogP contribution in [0.15, 0.2) is 40.3 Å². The standard InChI is InChI=1S/C13H11NO8S2/c15-12(16)6-23(19,20)10-5-11(24(21,22)7-13(17)18)14-9-4-2-1-3-8(9)10/h1-5H,6-7H2,(H,15,16)(H,17,18). The molecule has 9 nitrogen and oxygen atoms in total. The molecule has 0 saturated heterocycles. The Kier molecular flexibility index (Phi) is 4.58. The smallest absolute Gasteiger partial charge is 0.319 e. The maximum absolute atomic E-state index is 12.2. The maximum atomic E-state index is 12.2. The van der Waals surface area contributed by atoms with Gasteiger partial charge < -0.3 is 10.2 Å². The van der Waals surface area contributed by atoms with Crippen molar-refractivity contribution in [2.24, 2.45) is 0 Å². The molecule has 24 heavy (non-hydrogen) atoms. The number of benzene rings is 1. The Hall–Kier alpha value is -2.53. The summed E-state index contributed by atoms with van der Waals surface area (Å²) >= 11 is 0. The minimum atomic E-state index is -4.38. The highest BCUT2D eigenvalue weighted by Crippen LogP contribution is 2.26. The molecule has 0 atom stereocenters. The van der Waals surface area contributed by atoms with Crippen molar-refractivity contribution in [3.63, 3.8) is 0 Å². The van der Waals surface area contributed by atoms with Crippen LogP contribution in [0.1, 0.15) is 0 Å². The topological polar surface area (TPSA) is 156 Å². The van der Waals surface area contributed by atoms with Gasteiger partial charge in [0.05, 0.1) is 10.4 Å². The van der Waals surface area contributed by atoms with Gasteiger partial charge in [0, 0.05) is 5.39 Å². The van der Waals surface area contributed by atoms with Gasteiger partial charge in [-0.3, -0.25) is 9.59 Å². The number of rotatable bonds is 6. The summed E-state index contributed by atoms with van der Waals surface area (Å²) in [6.45, 7) is 0. The summed E-state index contributed by atoms with van der Waals surface area (Å²) in [5.74, 6) is -5.73. The number of para-hydroxylation sites is 1. The normalized spacial score (nSPS) is 12.2. The van der Waals surface area contributed by atoms with E-state index in [1.165, 1.54) is 24.3 Å². The fraction of sp³-hybridized carbons (Fsp3) is 0.154. The van der Waals surface area contributed by atoms with Gasteiger partial charge in [0.2, 0.25) is 9.84 Å². The molecule has 0 radical (unpaired) electrons. The van der Waals surface area contributed by atoms with Gasteiger partial charge in [-0.2, -0.15) is 0 Å². The molecule has 0 bridgehead atoms. The molecular weight excluding hydrogens is 362 g/mol. The van der Waals surface area contributed by atoms with Crippen molar-refractivity contribution in [1.29, 1.82) is 0 Å². The third-order valence-corrected chi connectivity index (χ3v) is 6.04. The van der Waals surface area contributed by atoms with Crippen LogP contribution in [-0.4, -0.2) is 55.5 Å². The molecule has 1 heterocycles. The lowest BCUT2D eigenvalue weighted by Gasteiger charge is -2.09. The Balaban J connectivity index is 2.80.